The first kappa shape index (κ1) is 13.3. The van der Waals surface area contributed by atoms with E-state index in [9.17, 15) is 4.39 Å². The lowest BCUT2D eigenvalue weighted by atomic mass is 9.93. The van der Waals surface area contributed by atoms with Crippen LogP contribution in [0.15, 0.2) is 36.4 Å². The number of fused-ring (bicyclic) bond motifs is 2. The van der Waals surface area contributed by atoms with Crippen molar-refractivity contribution in [3.63, 3.8) is 0 Å². The first-order valence-corrected chi connectivity index (χ1v) is 8.19. The highest BCUT2D eigenvalue weighted by molar-refractivity contribution is 5.46. The number of hydrogen-bond acceptors (Lipinski definition) is 2. The summed E-state index contributed by atoms with van der Waals surface area (Å²) in [6.07, 6.45) is 7.68. The summed E-state index contributed by atoms with van der Waals surface area (Å²) in [4.78, 5) is 5.00. The summed E-state index contributed by atoms with van der Waals surface area (Å²) in [5, 5.41) is 0. The lowest BCUT2D eigenvalue weighted by Crippen LogP contribution is -2.48. The largest absolute Gasteiger partial charge is 0.369 e. The molecular weight excluding hydrogens is 263 g/mol. The van der Waals surface area contributed by atoms with Crippen LogP contribution in [0.4, 0.5) is 10.1 Å². The van der Waals surface area contributed by atoms with Crippen LogP contribution in [0, 0.1) is 23.6 Å². The van der Waals surface area contributed by atoms with Crippen LogP contribution in [0.3, 0.4) is 0 Å². The fraction of sp³-hybridized carbons (Fsp3) is 0.556. The molecule has 0 radical (unpaired) electrons. The van der Waals surface area contributed by atoms with Crippen molar-refractivity contribution >= 4 is 5.69 Å². The Morgan fingerprint density at radius 1 is 0.952 bits per heavy atom. The van der Waals surface area contributed by atoms with Crippen molar-refractivity contribution in [2.45, 2.75) is 12.8 Å². The third-order valence-electron chi connectivity index (χ3n) is 5.47. The van der Waals surface area contributed by atoms with E-state index < -0.39 is 0 Å². The van der Waals surface area contributed by atoms with Gasteiger partial charge in [-0.3, -0.25) is 4.90 Å². The molecular formula is C18H23FN2. The van der Waals surface area contributed by atoms with Crippen LogP contribution in [-0.4, -0.2) is 37.6 Å². The molecule has 3 aliphatic rings. The maximum Gasteiger partial charge on any atom is 0.123 e. The zero-order valence-electron chi connectivity index (χ0n) is 12.4. The van der Waals surface area contributed by atoms with Crippen molar-refractivity contribution in [3.05, 3.63) is 42.2 Å². The van der Waals surface area contributed by atoms with Gasteiger partial charge in [-0.2, -0.15) is 0 Å². The van der Waals surface area contributed by atoms with Gasteiger partial charge in [-0.15, -0.1) is 0 Å². The van der Waals surface area contributed by atoms with Crippen molar-refractivity contribution in [3.8, 4) is 0 Å². The Bertz CT molecular complexity index is 517. The fourth-order valence-electron chi connectivity index (χ4n) is 4.28. The minimum absolute atomic E-state index is 0.151. The van der Waals surface area contributed by atoms with E-state index in [1.165, 1.54) is 19.4 Å². The maximum atomic E-state index is 13.0. The molecule has 3 atom stereocenters. The summed E-state index contributed by atoms with van der Waals surface area (Å²) < 4.78 is 13.0. The average Bonchev–Trinajstić information content (AvgIpc) is 3.12. The third-order valence-corrected chi connectivity index (χ3v) is 5.47. The summed E-state index contributed by atoms with van der Waals surface area (Å²) in [6.45, 7) is 5.65. The van der Waals surface area contributed by atoms with Crippen LogP contribution >= 0.6 is 0 Å². The Hall–Kier alpha value is -1.35. The molecule has 2 fully saturated rings. The Labute approximate surface area is 126 Å². The summed E-state index contributed by atoms with van der Waals surface area (Å²) in [5.41, 5.74) is 1.15. The predicted molar refractivity (Wildman–Crippen MR) is 83.9 cm³/mol. The van der Waals surface area contributed by atoms with Crippen LogP contribution in [0.1, 0.15) is 12.8 Å². The highest BCUT2D eigenvalue weighted by atomic mass is 19.1. The van der Waals surface area contributed by atoms with E-state index in [1.807, 2.05) is 12.1 Å². The number of allylic oxidation sites excluding steroid dienone is 2. The molecule has 1 heterocycles. The first-order chi connectivity index (χ1) is 10.3. The number of rotatable bonds is 3. The SMILES string of the molecule is Fc1ccc(N2CCN(C[C@H]3C[C@H]4C=C[C@H]3C4)CC2)cc1. The fourth-order valence-corrected chi connectivity index (χ4v) is 4.28. The summed E-state index contributed by atoms with van der Waals surface area (Å²) in [6, 6.07) is 6.91. The summed E-state index contributed by atoms with van der Waals surface area (Å²) >= 11 is 0. The Morgan fingerprint density at radius 3 is 2.33 bits per heavy atom. The lowest BCUT2D eigenvalue weighted by Gasteiger charge is -2.38. The van der Waals surface area contributed by atoms with E-state index in [1.54, 1.807) is 12.1 Å². The number of halogens is 1. The second-order valence-corrected chi connectivity index (χ2v) is 6.80. The van der Waals surface area contributed by atoms with Gasteiger partial charge in [0, 0.05) is 38.4 Å². The van der Waals surface area contributed by atoms with Gasteiger partial charge in [-0.05, 0) is 54.9 Å². The van der Waals surface area contributed by atoms with Gasteiger partial charge >= 0.3 is 0 Å². The van der Waals surface area contributed by atoms with Crippen LogP contribution in [-0.2, 0) is 0 Å². The van der Waals surface area contributed by atoms with Crippen molar-refractivity contribution in [1.29, 1.82) is 0 Å². The van der Waals surface area contributed by atoms with E-state index in [0.717, 1.165) is 49.6 Å². The van der Waals surface area contributed by atoms with Gasteiger partial charge in [-0.25, -0.2) is 4.39 Å². The molecule has 4 rings (SSSR count). The minimum atomic E-state index is -0.151. The Balaban J connectivity index is 1.30. The number of benzene rings is 1. The third kappa shape index (κ3) is 2.71. The van der Waals surface area contributed by atoms with Gasteiger partial charge in [0.2, 0.25) is 0 Å². The molecule has 1 aromatic carbocycles. The maximum absolute atomic E-state index is 13.0. The number of piperazine rings is 1. The van der Waals surface area contributed by atoms with E-state index in [2.05, 4.69) is 22.0 Å². The van der Waals surface area contributed by atoms with Crippen molar-refractivity contribution < 1.29 is 4.39 Å². The molecule has 0 aromatic heterocycles. The number of anilines is 1. The Kier molecular flexibility index (Phi) is 3.46. The molecule has 1 aliphatic heterocycles. The van der Waals surface area contributed by atoms with E-state index in [-0.39, 0.29) is 5.82 Å². The lowest BCUT2D eigenvalue weighted by molar-refractivity contribution is 0.204. The zero-order valence-corrected chi connectivity index (χ0v) is 12.4. The highest BCUT2D eigenvalue weighted by Gasteiger charge is 2.36. The zero-order chi connectivity index (χ0) is 14.2. The molecule has 0 spiro atoms. The number of hydrogen-bond donors (Lipinski definition) is 0. The first-order valence-electron chi connectivity index (χ1n) is 8.19. The van der Waals surface area contributed by atoms with Crippen LogP contribution in [0.5, 0.6) is 0 Å². The topological polar surface area (TPSA) is 6.48 Å². The van der Waals surface area contributed by atoms with Gasteiger partial charge in [0.25, 0.3) is 0 Å². The molecule has 1 saturated carbocycles. The van der Waals surface area contributed by atoms with Crippen LogP contribution < -0.4 is 4.90 Å². The second-order valence-electron chi connectivity index (χ2n) is 6.80. The van der Waals surface area contributed by atoms with Crippen molar-refractivity contribution in [2.75, 3.05) is 37.6 Å². The molecule has 0 amide bonds. The van der Waals surface area contributed by atoms with Gasteiger partial charge in [0.1, 0.15) is 5.82 Å². The van der Waals surface area contributed by atoms with Gasteiger partial charge in [0.15, 0.2) is 0 Å². The van der Waals surface area contributed by atoms with Gasteiger partial charge in [0.05, 0.1) is 0 Å². The van der Waals surface area contributed by atoms with Gasteiger partial charge < -0.3 is 4.90 Å². The Morgan fingerprint density at radius 2 is 1.71 bits per heavy atom. The monoisotopic (exact) mass is 286 g/mol. The quantitative estimate of drug-likeness (QED) is 0.788. The van der Waals surface area contributed by atoms with Crippen LogP contribution in [0.25, 0.3) is 0 Å². The highest BCUT2D eigenvalue weighted by Crippen LogP contribution is 2.43. The van der Waals surface area contributed by atoms with E-state index in [4.69, 9.17) is 0 Å². The van der Waals surface area contributed by atoms with E-state index >= 15 is 0 Å². The van der Waals surface area contributed by atoms with E-state index in [0.29, 0.717) is 0 Å². The molecule has 1 saturated heterocycles. The molecule has 0 unspecified atom stereocenters. The normalized spacial score (nSPS) is 32.0. The molecule has 112 valence electrons. The standard InChI is InChI=1S/C18H23FN2/c19-17-3-5-18(6-4-17)21-9-7-20(8-10-21)13-16-12-14-1-2-15(16)11-14/h1-6,14-16H,7-13H2/t14-,15-,16+/m0/s1. The molecule has 2 bridgehead atoms. The average molecular weight is 286 g/mol. The number of nitrogens with zero attached hydrogens (tertiary/aromatic N) is 2. The molecule has 2 nitrogen and oxygen atoms in total. The summed E-state index contributed by atoms with van der Waals surface area (Å²) in [7, 11) is 0. The van der Waals surface area contributed by atoms with Crippen molar-refractivity contribution in [1.82, 2.24) is 4.90 Å². The molecule has 3 heteroatoms. The molecule has 1 aromatic rings. The molecule has 0 N–H and O–H groups in total. The van der Waals surface area contributed by atoms with Gasteiger partial charge in [-0.1, -0.05) is 12.2 Å². The summed E-state index contributed by atoms with van der Waals surface area (Å²) in [5.74, 6) is 2.46. The smallest absolute Gasteiger partial charge is 0.123 e. The predicted octanol–water partition coefficient (Wildman–Crippen LogP) is 3.16. The molecule has 2 aliphatic carbocycles. The minimum Gasteiger partial charge on any atom is -0.369 e. The second kappa shape index (κ2) is 5.45. The van der Waals surface area contributed by atoms with Crippen molar-refractivity contribution in [2.24, 2.45) is 17.8 Å². The van der Waals surface area contributed by atoms with Crippen LogP contribution in [0.2, 0.25) is 0 Å². The molecule has 21 heavy (non-hydrogen) atoms.